The van der Waals surface area contributed by atoms with Crippen LogP contribution in [0.1, 0.15) is 9.67 Å². The van der Waals surface area contributed by atoms with E-state index in [2.05, 4.69) is 9.72 Å². The van der Waals surface area contributed by atoms with Gasteiger partial charge in [0.25, 0.3) is 0 Å². The van der Waals surface area contributed by atoms with Crippen molar-refractivity contribution in [2.75, 3.05) is 7.11 Å². The summed E-state index contributed by atoms with van der Waals surface area (Å²) in [6.45, 7) is 0. The van der Waals surface area contributed by atoms with Crippen LogP contribution in [0.4, 0.5) is 4.39 Å². The first-order chi connectivity index (χ1) is 10.0. The third-order valence-corrected chi connectivity index (χ3v) is 4.29. The number of rotatable bonds is 2. The van der Waals surface area contributed by atoms with Crippen molar-refractivity contribution in [2.24, 2.45) is 0 Å². The zero-order chi connectivity index (χ0) is 15.1. The molecule has 0 aliphatic rings. The average molecular weight is 327 g/mol. The number of methoxy groups -OCH3 is 1. The Bertz CT molecular complexity index is 859. The van der Waals surface area contributed by atoms with Gasteiger partial charge in [-0.15, -0.1) is 11.3 Å². The van der Waals surface area contributed by atoms with Crippen LogP contribution < -0.4 is 0 Å². The molecule has 0 aliphatic carbocycles. The van der Waals surface area contributed by atoms with Gasteiger partial charge in [0.2, 0.25) is 0 Å². The van der Waals surface area contributed by atoms with Crippen LogP contribution >= 0.6 is 22.9 Å². The second kappa shape index (κ2) is 5.01. The third-order valence-electron chi connectivity index (χ3n) is 2.90. The molecule has 21 heavy (non-hydrogen) atoms. The molecule has 8 heteroatoms. The van der Waals surface area contributed by atoms with Gasteiger partial charge in [-0.3, -0.25) is 4.57 Å². The summed E-state index contributed by atoms with van der Waals surface area (Å²) in [6.07, 6.45) is 1.47. The number of halogens is 2. The number of hydrogen-bond donors (Lipinski definition) is 1. The number of imidazole rings is 1. The highest BCUT2D eigenvalue weighted by atomic mass is 35.5. The minimum Gasteiger partial charge on any atom is -0.506 e. The molecule has 5 nitrogen and oxygen atoms in total. The minimum atomic E-state index is -0.637. The van der Waals surface area contributed by atoms with E-state index >= 15 is 0 Å². The summed E-state index contributed by atoms with van der Waals surface area (Å²) in [4.78, 5) is 15.7. The van der Waals surface area contributed by atoms with Gasteiger partial charge in [0, 0.05) is 12.1 Å². The molecule has 2 heterocycles. The van der Waals surface area contributed by atoms with Gasteiger partial charge in [0.15, 0.2) is 4.88 Å². The number of aromatic hydroxyl groups is 1. The largest absolute Gasteiger partial charge is 0.506 e. The smallest absolute Gasteiger partial charge is 0.351 e. The highest BCUT2D eigenvalue weighted by Crippen LogP contribution is 2.34. The monoisotopic (exact) mass is 326 g/mol. The van der Waals surface area contributed by atoms with Gasteiger partial charge in [-0.2, -0.15) is 0 Å². The first kappa shape index (κ1) is 13.8. The van der Waals surface area contributed by atoms with Crippen LogP contribution in [-0.4, -0.2) is 27.7 Å². The Kier molecular flexibility index (Phi) is 3.30. The number of benzene rings is 1. The van der Waals surface area contributed by atoms with Crippen molar-refractivity contribution < 1.29 is 19.0 Å². The van der Waals surface area contributed by atoms with Crippen molar-refractivity contribution >= 4 is 39.9 Å². The maximum atomic E-state index is 13.6. The van der Waals surface area contributed by atoms with Gasteiger partial charge in [-0.1, -0.05) is 11.6 Å². The Balaban J connectivity index is 2.17. The van der Waals surface area contributed by atoms with Crippen molar-refractivity contribution in [3.63, 3.8) is 0 Å². The molecule has 108 valence electrons. The Hall–Kier alpha value is -2.12. The van der Waals surface area contributed by atoms with Gasteiger partial charge in [0.1, 0.15) is 22.9 Å². The number of nitrogens with zero attached hydrogens (tertiary/aromatic N) is 2. The predicted octanol–water partition coefficient (Wildman–Crippen LogP) is 3.37. The molecule has 1 N–H and O–H groups in total. The van der Waals surface area contributed by atoms with E-state index in [9.17, 15) is 14.3 Å². The molecule has 0 fully saturated rings. The van der Waals surface area contributed by atoms with E-state index < -0.39 is 11.8 Å². The molecule has 3 rings (SSSR count). The first-order valence-electron chi connectivity index (χ1n) is 5.75. The van der Waals surface area contributed by atoms with Crippen LogP contribution in [-0.2, 0) is 4.74 Å². The predicted molar refractivity (Wildman–Crippen MR) is 76.9 cm³/mol. The Morgan fingerprint density at radius 1 is 1.48 bits per heavy atom. The highest BCUT2D eigenvalue weighted by Gasteiger charge is 2.18. The molecule has 0 bridgehead atoms. The van der Waals surface area contributed by atoms with E-state index in [4.69, 9.17) is 11.6 Å². The van der Waals surface area contributed by atoms with Crippen LogP contribution in [0.25, 0.3) is 16.0 Å². The van der Waals surface area contributed by atoms with Crippen molar-refractivity contribution in [1.29, 1.82) is 0 Å². The first-order valence-corrected chi connectivity index (χ1v) is 6.94. The van der Waals surface area contributed by atoms with E-state index in [1.165, 1.54) is 31.6 Å². The zero-order valence-electron chi connectivity index (χ0n) is 10.6. The molecule has 0 atom stereocenters. The molecule has 0 saturated heterocycles. The quantitative estimate of drug-likeness (QED) is 0.733. The summed E-state index contributed by atoms with van der Waals surface area (Å²) in [7, 11) is 1.23. The minimum absolute atomic E-state index is 0.0166. The average Bonchev–Trinajstić information content (AvgIpc) is 3.02. The van der Waals surface area contributed by atoms with Gasteiger partial charge >= 0.3 is 5.97 Å². The maximum absolute atomic E-state index is 13.6. The molecule has 2 aromatic heterocycles. The number of esters is 1. The third kappa shape index (κ3) is 2.24. The summed E-state index contributed by atoms with van der Waals surface area (Å²) in [5, 5.41) is 10.3. The van der Waals surface area contributed by atoms with Crippen molar-refractivity contribution in [3.8, 4) is 10.8 Å². The van der Waals surface area contributed by atoms with E-state index in [-0.39, 0.29) is 15.6 Å². The van der Waals surface area contributed by atoms with Crippen molar-refractivity contribution in [1.82, 2.24) is 9.55 Å². The second-order valence-corrected chi connectivity index (χ2v) is 5.60. The van der Waals surface area contributed by atoms with Gasteiger partial charge in [-0.25, -0.2) is 14.2 Å². The summed E-state index contributed by atoms with van der Waals surface area (Å²) in [5.74, 6) is -1.40. The van der Waals surface area contributed by atoms with Gasteiger partial charge in [0.05, 0.1) is 23.2 Å². The number of carbonyl (C=O) groups is 1. The van der Waals surface area contributed by atoms with Crippen LogP contribution in [0.5, 0.6) is 5.75 Å². The fourth-order valence-electron chi connectivity index (χ4n) is 1.91. The lowest BCUT2D eigenvalue weighted by Crippen LogP contribution is -1.97. The molecule has 0 aliphatic heterocycles. The Morgan fingerprint density at radius 3 is 2.95 bits per heavy atom. The van der Waals surface area contributed by atoms with E-state index in [1.54, 1.807) is 4.57 Å². The molecular weight excluding hydrogens is 319 g/mol. The van der Waals surface area contributed by atoms with Crippen LogP contribution in [0, 0.1) is 5.82 Å². The lowest BCUT2D eigenvalue weighted by molar-refractivity contribution is 0.0603. The van der Waals surface area contributed by atoms with E-state index in [0.29, 0.717) is 16.0 Å². The van der Waals surface area contributed by atoms with E-state index in [0.717, 1.165) is 11.3 Å². The summed E-state index contributed by atoms with van der Waals surface area (Å²) in [5.41, 5.74) is 0.989. The van der Waals surface area contributed by atoms with Gasteiger partial charge in [-0.05, 0) is 6.07 Å². The number of fused-ring (bicyclic) bond motifs is 1. The molecule has 3 aromatic rings. The Labute approximate surface area is 127 Å². The summed E-state index contributed by atoms with van der Waals surface area (Å²) < 4.78 is 19.7. The molecule has 0 amide bonds. The maximum Gasteiger partial charge on any atom is 0.351 e. The molecule has 0 spiro atoms. The van der Waals surface area contributed by atoms with Crippen LogP contribution in [0.15, 0.2) is 24.5 Å². The highest BCUT2D eigenvalue weighted by molar-refractivity contribution is 7.16. The molecule has 1 aromatic carbocycles. The SMILES string of the molecule is COC(=O)c1sc(-n2cnc3cc(Cl)c(F)cc32)cc1O. The van der Waals surface area contributed by atoms with Gasteiger partial charge < -0.3 is 9.84 Å². The lowest BCUT2D eigenvalue weighted by Gasteiger charge is -2.00. The zero-order valence-corrected chi connectivity index (χ0v) is 12.2. The molecule has 0 saturated carbocycles. The topological polar surface area (TPSA) is 64.4 Å². The molecule has 0 unspecified atom stereocenters. The fraction of sp³-hybridized carbons (Fsp3) is 0.0769. The number of hydrogen-bond acceptors (Lipinski definition) is 5. The number of thiophene rings is 1. The van der Waals surface area contributed by atoms with Crippen LogP contribution in [0.3, 0.4) is 0 Å². The molecule has 0 radical (unpaired) electrons. The number of ether oxygens (including phenoxy) is 1. The van der Waals surface area contributed by atoms with E-state index in [1.807, 2.05) is 0 Å². The van der Waals surface area contributed by atoms with Crippen LogP contribution in [0.2, 0.25) is 5.02 Å². The lowest BCUT2D eigenvalue weighted by atomic mass is 10.3. The standard InChI is InChI=1S/C13H8ClFN2O3S/c1-20-13(19)12-10(18)4-11(21-12)17-5-16-8-2-6(14)7(15)3-9(8)17/h2-5,18H,1H3. The fourth-order valence-corrected chi connectivity index (χ4v) is 3.02. The number of aromatic nitrogens is 2. The summed E-state index contributed by atoms with van der Waals surface area (Å²) in [6, 6.07) is 4.06. The Morgan fingerprint density at radius 2 is 2.24 bits per heavy atom. The second-order valence-electron chi connectivity index (χ2n) is 4.16. The molecular formula is C13H8ClFN2O3S. The van der Waals surface area contributed by atoms with Crippen molar-refractivity contribution in [3.05, 3.63) is 40.2 Å². The number of carbonyl (C=O) groups excluding carboxylic acids is 1. The summed E-state index contributed by atoms with van der Waals surface area (Å²) >= 11 is 6.73. The normalized spacial score (nSPS) is 11.0. The van der Waals surface area contributed by atoms with Crippen molar-refractivity contribution in [2.45, 2.75) is 0 Å².